The number of amides is 1. The first kappa shape index (κ1) is 24.0. The van der Waals surface area contributed by atoms with Crippen molar-refractivity contribution in [3.05, 3.63) is 57.8 Å². The smallest absolute Gasteiger partial charge is 0.329 e. The molecule has 1 aliphatic rings. The molecule has 1 saturated heterocycles. The fourth-order valence-corrected chi connectivity index (χ4v) is 5.62. The van der Waals surface area contributed by atoms with Crippen LogP contribution in [0.15, 0.2) is 41.8 Å². The van der Waals surface area contributed by atoms with Crippen molar-refractivity contribution in [2.24, 2.45) is 11.8 Å². The summed E-state index contributed by atoms with van der Waals surface area (Å²) < 4.78 is 0. The molecule has 7 heteroatoms. The van der Waals surface area contributed by atoms with Crippen molar-refractivity contribution in [2.45, 2.75) is 64.5 Å². The summed E-state index contributed by atoms with van der Waals surface area (Å²) in [5, 5.41) is 22.2. The Morgan fingerprint density at radius 3 is 2.19 bits per heavy atom. The Kier molecular flexibility index (Phi) is 6.52. The maximum absolute atomic E-state index is 13.9. The van der Waals surface area contributed by atoms with Gasteiger partial charge in [-0.05, 0) is 53.3 Å². The Morgan fingerprint density at radius 2 is 1.75 bits per heavy atom. The molecule has 1 aromatic carbocycles. The van der Waals surface area contributed by atoms with Crippen molar-refractivity contribution in [1.29, 1.82) is 0 Å². The number of carbonyl (C=O) groups is 3. The average Bonchev–Trinajstić information content (AvgIpc) is 3.33. The van der Waals surface area contributed by atoms with Gasteiger partial charge in [-0.2, -0.15) is 0 Å². The number of rotatable bonds is 6. The lowest BCUT2D eigenvalue weighted by Gasteiger charge is -2.39. The Morgan fingerprint density at radius 1 is 1.12 bits per heavy atom. The molecule has 2 heterocycles. The van der Waals surface area contributed by atoms with Crippen molar-refractivity contribution in [1.82, 2.24) is 4.90 Å². The largest absolute Gasteiger partial charge is 0.481 e. The van der Waals surface area contributed by atoms with E-state index in [0.29, 0.717) is 10.4 Å². The van der Waals surface area contributed by atoms with Crippen LogP contribution in [0.4, 0.5) is 0 Å². The number of hydrogen-bond acceptors (Lipinski definition) is 4. The number of aliphatic carboxylic acids is 2. The number of nitrogens with zero attached hydrogens (tertiary/aromatic N) is 1. The van der Waals surface area contributed by atoms with Crippen LogP contribution in [-0.2, 0) is 15.0 Å². The molecule has 3 unspecified atom stereocenters. The highest BCUT2D eigenvalue weighted by Gasteiger charge is 2.61. The van der Waals surface area contributed by atoms with Gasteiger partial charge in [-0.15, -0.1) is 11.3 Å². The normalized spacial score (nSPS) is 23.5. The Bertz CT molecular complexity index is 990. The molecule has 1 aromatic heterocycles. The first-order chi connectivity index (χ1) is 14.9. The van der Waals surface area contributed by atoms with Crippen LogP contribution in [0.5, 0.6) is 0 Å². The summed E-state index contributed by atoms with van der Waals surface area (Å²) in [6, 6.07) is 9.92. The molecule has 0 saturated carbocycles. The topological polar surface area (TPSA) is 94.9 Å². The molecule has 3 atom stereocenters. The number of likely N-dealkylation sites (tertiary alicyclic amines) is 1. The molecule has 32 heavy (non-hydrogen) atoms. The highest BCUT2D eigenvalue weighted by atomic mass is 32.1. The fourth-order valence-electron chi connectivity index (χ4n) is 4.73. The summed E-state index contributed by atoms with van der Waals surface area (Å²) >= 11 is 1.34. The van der Waals surface area contributed by atoms with Crippen LogP contribution in [0, 0.1) is 11.8 Å². The summed E-state index contributed by atoms with van der Waals surface area (Å²) in [5.74, 6) is -3.73. The van der Waals surface area contributed by atoms with Crippen molar-refractivity contribution in [3.8, 4) is 0 Å². The van der Waals surface area contributed by atoms with Crippen LogP contribution < -0.4 is 0 Å². The third-order valence-electron chi connectivity index (χ3n) is 6.19. The van der Waals surface area contributed by atoms with Gasteiger partial charge in [0.1, 0.15) is 5.54 Å². The molecule has 2 aromatic rings. The first-order valence-corrected chi connectivity index (χ1v) is 11.7. The Labute approximate surface area is 192 Å². The second-order valence-electron chi connectivity index (χ2n) is 10.0. The van der Waals surface area contributed by atoms with E-state index in [0.717, 1.165) is 5.56 Å². The summed E-state index contributed by atoms with van der Waals surface area (Å²) in [5.41, 5.74) is -0.266. The van der Waals surface area contributed by atoms with Crippen LogP contribution in [0.25, 0.3) is 0 Å². The SMILES string of the molecule is CC(C)CC1(C(=O)O)CC(C(=O)O)C(c2cccs2)N1C(=O)c1ccc(C(C)(C)C)cc1. The zero-order chi connectivity index (χ0) is 23.8. The molecule has 6 nitrogen and oxygen atoms in total. The maximum atomic E-state index is 13.9. The second kappa shape index (κ2) is 8.70. The number of carbonyl (C=O) groups excluding carboxylic acids is 1. The van der Waals surface area contributed by atoms with E-state index in [1.807, 2.05) is 31.4 Å². The second-order valence-corrected chi connectivity index (χ2v) is 11.0. The van der Waals surface area contributed by atoms with Gasteiger partial charge in [0.25, 0.3) is 5.91 Å². The molecular formula is C25H31NO5S. The van der Waals surface area contributed by atoms with Gasteiger partial charge in [0.15, 0.2) is 0 Å². The fraction of sp³-hybridized carbons (Fsp3) is 0.480. The van der Waals surface area contributed by atoms with Crippen LogP contribution in [0.3, 0.4) is 0 Å². The van der Waals surface area contributed by atoms with Crippen molar-refractivity contribution >= 4 is 29.2 Å². The zero-order valence-electron chi connectivity index (χ0n) is 19.2. The molecule has 0 radical (unpaired) electrons. The molecule has 3 rings (SSSR count). The van der Waals surface area contributed by atoms with E-state index in [1.54, 1.807) is 24.3 Å². The maximum Gasteiger partial charge on any atom is 0.329 e. The lowest BCUT2D eigenvalue weighted by molar-refractivity contribution is -0.150. The number of carboxylic acid groups (broad SMARTS) is 2. The zero-order valence-corrected chi connectivity index (χ0v) is 20.0. The van der Waals surface area contributed by atoms with E-state index in [1.165, 1.54) is 16.2 Å². The monoisotopic (exact) mass is 457 g/mol. The Balaban J connectivity index is 2.17. The molecule has 2 N–H and O–H groups in total. The first-order valence-electron chi connectivity index (χ1n) is 10.8. The van der Waals surface area contributed by atoms with Gasteiger partial charge in [-0.1, -0.05) is 52.8 Å². The van der Waals surface area contributed by atoms with E-state index in [-0.39, 0.29) is 24.2 Å². The van der Waals surface area contributed by atoms with Crippen molar-refractivity contribution in [2.75, 3.05) is 0 Å². The van der Waals surface area contributed by atoms with Gasteiger partial charge in [0.2, 0.25) is 0 Å². The van der Waals surface area contributed by atoms with Crippen LogP contribution in [0.2, 0.25) is 0 Å². The van der Waals surface area contributed by atoms with Gasteiger partial charge in [0, 0.05) is 10.4 Å². The summed E-state index contributed by atoms with van der Waals surface area (Å²) in [6.45, 7) is 10.0. The molecule has 1 amide bonds. The third kappa shape index (κ3) is 4.31. The van der Waals surface area contributed by atoms with Crippen LogP contribution in [0.1, 0.15) is 74.3 Å². The molecule has 0 aliphatic carbocycles. The standard InChI is InChI=1S/C25H31NO5S/c1-15(2)13-25(23(30)31)14-18(22(28)29)20(19-7-6-12-32-19)26(25)21(27)16-8-10-17(11-9-16)24(3,4)5/h6-12,15,18,20H,13-14H2,1-5H3,(H,28,29)(H,30,31). The average molecular weight is 458 g/mol. The molecule has 172 valence electrons. The lowest BCUT2D eigenvalue weighted by Crippen LogP contribution is -2.54. The van der Waals surface area contributed by atoms with Gasteiger partial charge in [-0.3, -0.25) is 9.59 Å². The van der Waals surface area contributed by atoms with Crippen LogP contribution in [-0.4, -0.2) is 38.5 Å². The third-order valence-corrected chi connectivity index (χ3v) is 7.13. The predicted octanol–water partition coefficient (Wildman–Crippen LogP) is 5.20. The minimum absolute atomic E-state index is 0.0406. The number of benzene rings is 1. The molecule has 1 fully saturated rings. The number of hydrogen-bond donors (Lipinski definition) is 2. The van der Waals surface area contributed by atoms with Gasteiger partial charge in [0.05, 0.1) is 12.0 Å². The van der Waals surface area contributed by atoms with E-state index in [4.69, 9.17) is 0 Å². The summed E-state index contributed by atoms with van der Waals surface area (Å²) in [7, 11) is 0. The van der Waals surface area contributed by atoms with Crippen LogP contribution >= 0.6 is 11.3 Å². The molecule has 0 bridgehead atoms. The Hall–Kier alpha value is -2.67. The quantitative estimate of drug-likeness (QED) is 0.621. The number of carboxylic acids is 2. The number of thiophene rings is 1. The lowest BCUT2D eigenvalue weighted by atomic mass is 9.83. The minimum atomic E-state index is -1.59. The summed E-state index contributed by atoms with van der Waals surface area (Å²) in [6.07, 6.45) is 0.0596. The van der Waals surface area contributed by atoms with Gasteiger partial charge in [-0.25, -0.2) is 4.79 Å². The van der Waals surface area contributed by atoms with E-state index < -0.39 is 35.3 Å². The molecule has 0 spiro atoms. The minimum Gasteiger partial charge on any atom is -0.481 e. The molecule has 1 aliphatic heterocycles. The van der Waals surface area contributed by atoms with Crippen molar-refractivity contribution in [3.63, 3.8) is 0 Å². The predicted molar refractivity (Wildman–Crippen MR) is 124 cm³/mol. The van der Waals surface area contributed by atoms with E-state index >= 15 is 0 Å². The highest BCUT2D eigenvalue weighted by Crippen LogP contribution is 2.51. The van der Waals surface area contributed by atoms with Gasteiger partial charge >= 0.3 is 11.9 Å². The summed E-state index contributed by atoms with van der Waals surface area (Å²) in [4.78, 5) is 40.8. The van der Waals surface area contributed by atoms with Crippen molar-refractivity contribution < 1.29 is 24.6 Å². The molecular weight excluding hydrogens is 426 g/mol. The van der Waals surface area contributed by atoms with E-state index in [2.05, 4.69) is 20.8 Å². The van der Waals surface area contributed by atoms with E-state index in [9.17, 15) is 24.6 Å². The van der Waals surface area contributed by atoms with Gasteiger partial charge < -0.3 is 15.1 Å². The highest BCUT2D eigenvalue weighted by molar-refractivity contribution is 7.10.